The molecule has 1 saturated heterocycles. The molecule has 98 valence electrons. The molecule has 6 nitrogen and oxygen atoms in total. The number of phenolic OH excluding ortho intramolecular Hbond substituents is 1. The fourth-order valence-electron chi connectivity index (χ4n) is 2.36. The third-order valence-electron chi connectivity index (χ3n) is 3.20. The Bertz CT molecular complexity index is 452. The number of piperazine rings is 1. The summed E-state index contributed by atoms with van der Waals surface area (Å²) < 4.78 is 11.2. The molecule has 1 atom stereocenters. The molecule has 2 aliphatic rings. The van der Waals surface area contributed by atoms with Crippen LogP contribution in [-0.4, -0.2) is 44.1 Å². The Morgan fingerprint density at radius 1 is 1.33 bits per heavy atom. The van der Waals surface area contributed by atoms with Gasteiger partial charge in [0.25, 0.3) is 0 Å². The van der Waals surface area contributed by atoms with E-state index in [2.05, 4.69) is 5.32 Å². The summed E-state index contributed by atoms with van der Waals surface area (Å²) in [4.78, 5) is 2.03. The average Bonchev–Trinajstić information content (AvgIpc) is 2.38. The quantitative estimate of drug-likeness (QED) is 0.644. The first-order chi connectivity index (χ1) is 8.75. The first kappa shape index (κ1) is 11.4. The van der Waals surface area contributed by atoms with Crippen LogP contribution >= 0.6 is 0 Å². The van der Waals surface area contributed by atoms with Gasteiger partial charge >= 0.3 is 0 Å². The number of phenols is 1. The van der Waals surface area contributed by atoms with Crippen molar-refractivity contribution in [3.63, 3.8) is 0 Å². The van der Waals surface area contributed by atoms with Gasteiger partial charge in [-0.2, -0.15) is 0 Å². The second kappa shape index (κ2) is 4.55. The average molecular weight is 251 g/mol. The predicted octanol–water partition coefficient (Wildman–Crippen LogP) is -0.142. The van der Waals surface area contributed by atoms with Crippen molar-refractivity contribution in [1.82, 2.24) is 5.32 Å². The van der Waals surface area contributed by atoms with Crippen LogP contribution in [0.1, 0.15) is 0 Å². The van der Waals surface area contributed by atoms with Gasteiger partial charge in [0.15, 0.2) is 11.5 Å². The number of benzene rings is 1. The van der Waals surface area contributed by atoms with Crippen molar-refractivity contribution in [2.75, 3.05) is 37.7 Å². The lowest BCUT2D eigenvalue weighted by Gasteiger charge is -2.37. The number of nitrogens with zero attached hydrogens (tertiary/aromatic N) is 1. The van der Waals surface area contributed by atoms with Crippen molar-refractivity contribution < 1.29 is 14.6 Å². The number of rotatable bonds is 1. The SMILES string of the molecule is NC1CNCCN1c1cc(O)cc2c1OCCO2. The molecule has 0 saturated carbocycles. The van der Waals surface area contributed by atoms with Crippen molar-refractivity contribution in [2.24, 2.45) is 5.73 Å². The van der Waals surface area contributed by atoms with E-state index < -0.39 is 0 Å². The van der Waals surface area contributed by atoms with E-state index in [9.17, 15) is 5.11 Å². The monoisotopic (exact) mass is 251 g/mol. The zero-order valence-corrected chi connectivity index (χ0v) is 10.1. The highest BCUT2D eigenvalue weighted by molar-refractivity contribution is 5.68. The van der Waals surface area contributed by atoms with Gasteiger partial charge in [0, 0.05) is 31.8 Å². The van der Waals surface area contributed by atoms with Crippen LogP contribution in [-0.2, 0) is 0 Å². The minimum absolute atomic E-state index is 0.129. The van der Waals surface area contributed by atoms with E-state index in [1.54, 1.807) is 12.1 Å². The maximum Gasteiger partial charge on any atom is 0.184 e. The van der Waals surface area contributed by atoms with Crippen LogP contribution in [0.5, 0.6) is 17.2 Å². The van der Waals surface area contributed by atoms with Gasteiger partial charge in [-0.1, -0.05) is 0 Å². The van der Waals surface area contributed by atoms with Gasteiger partial charge in [-0.3, -0.25) is 0 Å². The molecular weight excluding hydrogens is 234 g/mol. The first-order valence-electron chi connectivity index (χ1n) is 6.11. The highest BCUT2D eigenvalue weighted by atomic mass is 16.6. The Morgan fingerprint density at radius 2 is 2.17 bits per heavy atom. The third-order valence-corrected chi connectivity index (χ3v) is 3.20. The molecule has 0 aromatic heterocycles. The second-order valence-electron chi connectivity index (χ2n) is 4.45. The van der Waals surface area contributed by atoms with Crippen LogP contribution < -0.4 is 25.4 Å². The van der Waals surface area contributed by atoms with E-state index in [1.807, 2.05) is 4.90 Å². The van der Waals surface area contributed by atoms with Crippen LogP contribution in [0.4, 0.5) is 5.69 Å². The Balaban J connectivity index is 2.01. The normalized spacial score (nSPS) is 22.9. The lowest BCUT2D eigenvalue weighted by atomic mass is 10.2. The van der Waals surface area contributed by atoms with Crippen LogP contribution in [0.15, 0.2) is 12.1 Å². The van der Waals surface area contributed by atoms with E-state index in [-0.39, 0.29) is 11.9 Å². The fourth-order valence-corrected chi connectivity index (χ4v) is 2.36. The molecule has 0 amide bonds. The first-order valence-corrected chi connectivity index (χ1v) is 6.11. The van der Waals surface area contributed by atoms with Gasteiger partial charge < -0.3 is 30.5 Å². The number of fused-ring (bicyclic) bond motifs is 1. The number of aromatic hydroxyl groups is 1. The van der Waals surface area contributed by atoms with Gasteiger partial charge in [0.05, 0.1) is 11.9 Å². The van der Waals surface area contributed by atoms with Crippen LogP contribution in [0.3, 0.4) is 0 Å². The predicted molar refractivity (Wildman–Crippen MR) is 67.3 cm³/mol. The lowest BCUT2D eigenvalue weighted by Crippen LogP contribution is -2.56. The Hall–Kier alpha value is -1.66. The smallest absolute Gasteiger partial charge is 0.184 e. The molecule has 0 bridgehead atoms. The molecule has 1 aromatic rings. The molecule has 2 aliphatic heterocycles. The second-order valence-corrected chi connectivity index (χ2v) is 4.45. The van der Waals surface area contributed by atoms with E-state index in [1.165, 1.54) is 0 Å². The number of ether oxygens (including phenoxy) is 2. The summed E-state index contributed by atoms with van der Waals surface area (Å²) in [6.07, 6.45) is -0.129. The van der Waals surface area contributed by atoms with Gasteiger partial charge in [-0.25, -0.2) is 0 Å². The van der Waals surface area contributed by atoms with E-state index in [0.717, 1.165) is 18.8 Å². The molecule has 0 radical (unpaired) electrons. The molecule has 3 rings (SSSR count). The zero-order valence-electron chi connectivity index (χ0n) is 10.1. The maximum absolute atomic E-state index is 9.77. The summed E-state index contributed by atoms with van der Waals surface area (Å²) in [5, 5.41) is 13.0. The van der Waals surface area contributed by atoms with Crippen LogP contribution in [0, 0.1) is 0 Å². The molecule has 0 spiro atoms. The number of hydrogen-bond acceptors (Lipinski definition) is 6. The molecular formula is C12H17N3O3. The Morgan fingerprint density at radius 3 is 3.00 bits per heavy atom. The van der Waals surface area contributed by atoms with Gasteiger partial charge in [0.1, 0.15) is 19.0 Å². The van der Waals surface area contributed by atoms with Crippen molar-refractivity contribution in [1.29, 1.82) is 0 Å². The van der Waals surface area contributed by atoms with Crippen molar-refractivity contribution in [3.05, 3.63) is 12.1 Å². The fraction of sp³-hybridized carbons (Fsp3) is 0.500. The van der Waals surface area contributed by atoms with Crippen LogP contribution in [0.25, 0.3) is 0 Å². The molecule has 18 heavy (non-hydrogen) atoms. The van der Waals surface area contributed by atoms with Gasteiger partial charge in [-0.15, -0.1) is 0 Å². The molecule has 4 N–H and O–H groups in total. The number of nitrogens with two attached hydrogens (primary N) is 1. The summed E-state index contributed by atoms with van der Waals surface area (Å²) >= 11 is 0. The summed E-state index contributed by atoms with van der Waals surface area (Å²) in [6, 6.07) is 3.25. The molecule has 1 fully saturated rings. The van der Waals surface area contributed by atoms with E-state index >= 15 is 0 Å². The van der Waals surface area contributed by atoms with Crippen molar-refractivity contribution in [3.8, 4) is 17.2 Å². The number of hydrogen-bond donors (Lipinski definition) is 3. The van der Waals surface area contributed by atoms with Gasteiger partial charge in [0.2, 0.25) is 0 Å². The Kier molecular flexibility index (Phi) is 2.89. The standard InChI is InChI=1S/C12H17N3O3/c13-11-7-14-1-2-15(11)9-5-8(16)6-10-12(9)18-4-3-17-10/h5-6,11,14,16H,1-4,7,13H2. The molecule has 0 aliphatic carbocycles. The molecule has 6 heteroatoms. The molecule has 1 unspecified atom stereocenters. The summed E-state index contributed by atoms with van der Waals surface area (Å²) in [7, 11) is 0. The van der Waals surface area contributed by atoms with Crippen molar-refractivity contribution in [2.45, 2.75) is 6.17 Å². The Labute approximate surface area is 105 Å². The highest BCUT2D eigenvalue weighted by Crippen LogP contribution is 2.43. The summed E-state index contributed by atoms with van der Waals surface area (Å²) in [5.41, 5.74) is 6.88. The number of nitrogens with one attached hydrogen (secondary N) is 1. The van der Waals surface area contributed by atoms with Crippen molar-refractivity contribution >= 4 is 5.69 Å². The summed E-state index contributed by atoms with van der Waals surface area (Å²) in [5.74, 6) is 1.43. The highest BCUT2D eigenvalue weighted by Gasteiger charge is 2.26. The minimum atomic E-state index is -0.129. The topological polar surface area (TPSA) is 80.0 Å². The lowest BCUT2D eigenvalue weighted by molar-refractivity contribution is 0.171. The van der Waals surface area contributed by atoms with Crippen LogP contribution in [0.2, 0.25) is 0 Å². The maximum atomic E-state index is 9.77. The largest absolute Gasteiger partial charge is 0.508 e. The number of anilines is 1. The van der Waals surface area contributed by atoms with E-state index in [4.69, 9.17) is 15.2 Å². The van der Waals surface area contributed by atoms with E-state index in [0.29, 0.717) is 31.3 Å². The zero-order chi connectivity index (χ0) is 12.5. The van der Waals surface area contributed by atoms with Gasteiger partial charge in [-0.05, 0) is 0 Å². The summed E-state index contributed by atoms with van der Waals surface area (Å²) in [6.45, 7) is 3.38. The minimum Gasteiger partial charge on any atom is -0.508 e. The third kappa shape index (κ3) is 1.93. The molecule has 1 aromatic carbocycles. The molecule has 2 heterocycles.